The van der Waals surface area contributed by atoms with Crippen molar-refractivity contribution in [3.8, 4) is 0 Å². The number of carbonyl (C=O) groups excluding carboxylic acids is 3. The van der Waals surface area contributed by atoms with Crippen molar-refractivity contribution in [3.05, 3.63) is 35.9 Å². The fourth-order valence-electron chi connectivity index (χ4n) is 2.82. The van der Waals surface area contributed by atoms with Crippen molar-refractivity contribution in [2.24, 2.45) is 17.8 Å². The van der Waals surface area contributed by atoms with Crippen LogP contribution in [0.5, 0.6) is 0 Å². The molecule has 1 aromatic carbocycles. The van der Waals surface area contributed by atoms with Crippen LogP contribution in [-0.4, -0.2) is 29.0 Å². The van der Waals surface area contributed by atoms with Gasteiger partial charge < -0.3 is 10.6 Å². The van der Waals surface area contributed by atoms with Crippen LogP contribution in [0, 0.1) is 17.8 Å². The lowest BCUT2D eigenvalue weighted by atomic mass is 9.92. The van der Waals surface area contributed by atoms with E-state index in [1.807, 2.05) is 58.0 Å². The molecule has 0 aromatic heterocycles. The summed E-state index contributed by atoms with van der Waals surface area (Å²) in [4.78, 5) is 36.7. The van der Waals surface area contributed by atoms with E-state index in [-0.39, 0.29) is 30.1 Å². The molecule has 0 fully saturated rings. The van der Waals surface area contributed by atoms with Crippen LogP contribution < -0.4 is 16.1 Å². The summed E-state index contributed by atoms with van der Waals surface area (Å²) in [5.41, 5.74) is 2.53. The summed E-state index contributed by atoms with van der Waals surface area (Å²) in [5, 5.41) is 14.4. The van der Waals surface area contributed by atoms with Gasteiger partial charge in [-0.15, -0.1) is 0 Å². The first-order valence-electron chi connectivity index (χ1n) is 9.29. The highest BCUT2D eigenvalue weighted by Crippen LogP contribution is 2.17. The number of hydroxylamine groups is 1. The Hall–Kier alpha value is -2.41. The normalized spacial score (nSPS) is 13.1. The predicted octanol–water partition coefficient (Wildman–Crippen LogP) is 2.00. The third-order valence-electron chi connectivity index (χ3n) is 4.24. The maximum absolute atomic E-state index is 12.7. The molecule has 0 aliphatic heterocycles. The first kappa shape index (κ1) is 22.6. The van der Waals surface area contributed by atoms with Crippen molar-refractivity contribution < 1.29 is 19.6 Å². The largest absolute Gasteiger partial charge is 0.350 e. The first-order chi connectivity index (χ1) is 12.7. The van der Waals surface area contributed by atoms with E-state index in [0.717, 1.165) is 5.56 Å². The van der Waals surface area contributed by atoms with Crippen LogP contribution in [0.1, 0.15) is 46.1 Å². The number of amides is 3. The summed E-state index contributed by atoms with van der Waals surface area (Å²) in [6.07, 6.45) is 0.354. The fourth-order valence-corrected chi connectivity index (χ4v) is 2.82. The summed E-state index contributed by atoms with van der Waals surface area (Å²) in [6.45, 7) is 7.98. The minimum atomic E-state index is -0.701. The lowest BCUT2D eigenvalue weighted by Crippen LogP contribution is -2.51. The second kappa shape index (κ2) is 11.3. The molecule has 0 bridgehead atoms. The van der Waals surface area contributed by atoms with Crippen molar-refractivity contribution in [1.29, 1.82) is 0 Å². The molecule has 1 aromatic rings. The van der Waals surface area contributed by atoms with E-state index in [1.165, 1.54) is 0 Å². The molecule has 0 saturated carbocycles. The van der Waals surface area contributed by atoms with Crippen LogP contribution >= 0.6 is 0 Å². The van der Waals surface area contributed by atoms with Crippen molar-refractivity contribution in [2.75, 3.05) is 0 Å². The van der Waals surface area contributed by atoms with E-state index < -0.39 is 17.9 Å². The number of nitrogens with one attached hydrogen (secondary N) is 3. The highest BCUT2D eigenvalue weighted by molar-refractivity contribution is 5.90. The minimum Gasteiger partial charge on any atom is -0.350 e. The Labute approximate surface area is 160 Å². The summed E-state index contributed by atoms with van der Waals surface area (Å²) >= 11 is 0. The van der Waals surface area contributed by atoms with Crippen molar-refractivity contribution in [1.82, 2.24) is 16.1 Å². The highest BCUT2D eigenvalue weighted by atomic mass is 16.5. The van der Waals surface area contributed by atoms with Crippen LogP contribution in [0.2, 0.25) is 0 Å². The maximum Gasteiger partial charge on any atom is 0.244 e. The zero-order valence-electron chi connectivity index (χ0n) is 16.5. The third-order valence-corrected chi connectivity index (χ3v) is 4.24. The second-order valence-electron chi connectivity index (χ2n) is 7.50. The van der Waals surface area contributed by atoms with Gasteiger partial charge in [0, 0.05) is 18.9 Å². The Balaban J connectivity index is 2.75. The van der Waals surface area contributed by atoms with Gasteiger partial charge in [-0.1, -0.05) is 58.0 Å². The predicted molar refractivity (Wildman–Crippen MR) is 103 cm³/mol. The average molecular weight is 377 g/mol. The number of carbonyl (C=O) groups is 3. The van der Waals surface area contributed by atoms with E-state index in [1.54, 1.807) is 5.48 Å². The Morgan fingerprint density at radius 2 is 1.63 bits per heavy atom. The Kier molecular flexibility index (Phi) is 9.50. The van der Waals surface area contributed by atoms with Crippen LogP contribution in [0.15, 0.2) is 30.3 Å². The van der Waals surface area contributed by atoms with Gasteiger partial charge in [0.15, 0.2) is 0 Å². The molecule has 0 aliphatic carbocycles. The van der Waals surface area contributed by atoms with E-state index in [0.29, 0.717) is 13.0 Å². The van der Waals surface area contributed by atoms with Gasteiger partial charge in [0.25, 0.3) is 0 Å². The Bertz CT molecular complexity index is 617. The number of benzene rings is 1. The summed E-state index contributed by atoms with van der Waals surface area (Å²) < 4.78 is 0. The summed E-state index contributed by atoms with van der Waals surface area (Å²) in [6, 6.07) is 8.82. The molecule has 1 rings (SSSR count). The molecule has 27 heavy (non-hydrogen) atoms. The average Bonchev–Trinajstić information content (AvgIpc) is 2.63. The van der Waals surface area contributed by atoms with Gasteiger partial charge in [0.1, 0.15) is 6.04 Å². The van der Waals surface area contributed by atoms with Crippen molar-refractivity contribution in [2.45, 2.75) is 53.1 Å². The van der Waals surface area contributed by atoms with E-state index in [4.69, 9.17) is 5.21 Å². The molecule has 0 radical (unpaired) electrons. The molecule has 0 aliphatic rings. The number of rotatable bonds is 10. The smallest absolute Gasteiger partial charge is 0.244 e. The summed E-state index contributed by atoms with van der Waals surface area (Å²) in [5.74, 6) is -1.78. The highest BCUT2D eigenvalue weighted by Gasteiger charge is 2.29. The topological polar surface area (TPSA) is 108 Å². The van der Waals surface area contributed by atoms with Gasteiger partial charge >= 0.3 is 0 Å². The van der Waals surface area contributed by atoms with Gasteiger partial charge in [0.05, 0.1) is 0 Å². The van der Waals surface area contributed by atoms with E-state index >= 15 is 0 Å². The lowest BCUT2D eigenvalue weighted by Gasteiger charge is -2.25. The van der Waals surface area contributed by atoms with Gasteiger partial charge in [-0.05, 0) is 23.8 Å². The maximum atomic E-state index is 12.7. The van der Waals surface area contributed by atoms with Crippen LogP contribution in [-0.2, 0) is 20.9 Å². The van der Waals surface area contributed by atoms with E-state index in [2.05, 4.69) is 10.6 Å². The minimum absolute atomic E-state index is 0.115. The quantitative estimate of drug-likeness (QED) is 0.369. The van der Waals surface area contributed by atoms with Gasteiger partial charge in [-0.3, -0.25) is 19.6 Å². The summed E-state index contributed by atoms with van der Waals surface area (Å²) in [7, 11) is 0. The Morgan fingerprint density at radius 3 is 2.15 bits per heavy atom. The molecule has 4 N–H and O–H groups in total. The number of hydrogen-bond acceptors (Lipinski definition) is 4. The fraction of sp³-hybridized carbons (Fsp3) is 0.550. The SMILES string of the molecule is CC(C)C[C@@H](CC(=O)NO)C(=O)N[C@@H](C(=O)NCc1ccccc1)C(C)C. The van der Waals surface area contributed by atoms with Crippen LogP contribution in [0.4, 0.5) is 0 Å². The molecule has 0 saturated heterocycles. The van der Waals surface area contributed by atoms with E-state index in [9.17, 15) is 14.4 Å². The molecule has 7 nitrogen and oxygen atoms in total. The zero-order chi connectivity index (χ0) is 20.4. The van der Waals surface area contributed by atoms with Crippen LogP contribution in [0.25, 0.3) is 0 Å². The standard InChI is InChI=1S/C20H31N3O4/c1-13(2)10-16(11-17(24)23-27)19(25)22-18(14(3)4)20(26)21-12-15-8-6-5-7-9-15/h5-9,13-14,16,18,27H,10-12H2,1-4H3,(H,21,26)(H,22,25)(H,23,24)/t16-,18+/m0/s1. The molecule has 2 atom stereocenters. The Morgan fingerprint density at radius 1 is 1.00 bits per heavy atom. The monoisotopic (exact) mass is 377 g/mol. The first-order valence-corrected chi connectivity index (χ1v) is 9.29. The lowest BCUT2D eigenvalue weighted by molar-refractivity contribution is -0.137. The molecule has 0 heterocycles. The zero-order valence-corrected chi connectivity index (χ0v) is 16.5. The third kappa shape index (κ3) is 8.21. The molecule has 0 spiro atoms. The van der Waals surface area contributed by atoms with Gasteiger partial charge in [-0.2, -0.15) is 0 Å². The molecule has 0 unspecified atom stereocenters. The van der Waals surface area contributed by atoms with Gasteiger partial charge in [0.2, 0.25) is 17.7 Å². The van der Waals surface area contributed by atoms with Crippen molar-refractivity contribution >= 4 is 17.7 Å². The molecular weight excluding hydrogens is 346 g/mol. The number of hydrogen-bond donors (Lipinski definition) is 4. The second-order valence-corrected chi connectivity index (χ2v) is 7.50. The molecule has 150 valence electrons. The molecular formula is C20H31N3O4. The molecule has 3 amide bonds. The van der Waals surface area contributed by atoms with Gasteiger partial charge in [-0.25, -0.2) is 5.48 Å². The van der Waals surface area contributed by atoms with Crippen molar-refractivity contribution in [3.63, 3.8) is 0 Å². The molecule has 7 heteroatoms. The van der Waals surface area contributed by atoms with Crippen LogP contribution in [0.3, 0.4) is 0 Å².